The largest absolute Gasteiger partial charge is 0.352 e. The highest BCUT2D eigenvalue weighted by atomic mass is 32.2. The molecule has 0 spiro atoms. The third-order valence-electron chi connectivity index (χ3n) is 3.70. The van der Waals surface area contributed by atoms with E-state index in [0.29, 0.717) is 5.56 Å². The number of hydrogen-bond donors (Lipinski definition) is 3. The number of benzene rings is 2. The summed E-state index contributed by atoms with van der Waals surface area (Å²) in [6, 6.07) is 10.1. The summed E-state index contributed by atoms with van der Waals surface area (Å²) in [7, 11) is -3.99. The molecule has 0 fully saturated rings. The van der Waals surface area contributed by atoms with E-state index in [9.17, 15) is 18.0 Å². The molecule has 0 aliphatic carbocycles. The van der Waals surface area contributed by atoms with E-state index in [1.54, 1.807) is 18.2 Å². The summed E-state index contributed by atoms with van der Waals surface area (Å²) in [5, 5.41) is 2.40. The summed E-state index contributed by atoms with van der Waals surface area (Å²) in [5.74, 6) is -0.692. The molecule has 0 aliphatic heterocycles. The van der Waals surface area contributed by atoms with Crippen molar-refractivity contribution in [3.63, 3.8) is 0 Å². The lowest BCUT2D eigenvalue weighted by Gasteiger charge is -2.09. The molecular formula is C17H19N3O4S. The zero-order chi connectivity index (χ0) is 18.6. The Balaban J connectivity index is 2.13. The van der Waals surface area contributed by atoms with Gasteiger partial charge in [-0.2, -0.15) is 0 Å². The molecule has 2 rings (SSSR count). The molecule has 25 heavy (non-hydrogen) atoms. The zero-order valence-corrected chi connectivity index (χ0v) is 14.7. The second kappa shape index (κ2) is 7.35. The Labute approximate surface area is 146 Å². The quantitative estimate of drug-likeness (QED) is 0.749. The maximum Gasteiger partial charge on any atom is 0.312 e. The summed E-state index contributed by atoms with van der Waals surface area (Å²) in [6.07, 6.45) is 0. The van der Waals surface area contributed by atoms with Gasteiger partial charge >= 0.3 is 6.03 Å². The lowest BCUT2D eigenvalue weighted by atomic mass is 10.1. The summed E-state index contributed by atoms with van der Waals surface area (Å²) >= 11 is 0. The highest BCUT2D eigenvalue weighted by molar-refractivity contribution is 7.90. The van der Waals surface area contributed by atoms with Gasteiger partial charge in [-0.3, -0.25) is 4.79 Å². The smallest absolute Gasteiger partial charge is 0.312 e. The third-order valence-corrected chi connectivity index (χ3v) is 5.04. The number of primary amides is 1. The van der Waals surface area contributed by atoms with Crippen LogP contribution < -0.4 is 15.8 Å². The zero-order valence-electron chi connectivity index (χ0n) is 13.9. The minimum absolute atomic E-state index is 0.0486. The summed E-state index contributed by atoms with van der Waals surface area (Å²) in [4.78, 5) is 22.8. The topological polar surface area (TPSA) is 118 Å². The van der Waals surface area contributed by atoms with Gasteiger partial charge < -0.3 is 11.1 Å². The van der Waals surface area contributed by atoms with Crippen molar-refractivity contribution in [2.45, 2.75) is 25.3 Å². The average molecular weight is 361 g/mol. The van der Waals surface area contributed by atoms with Crippen molar-refractivity contribution in [1.29, 1.82) is 0 Å². The Morgan fingerprint density at radius 3 is 2.20 bits per heavy atom. The molecule has 0 saturated carbocycles. The fraction of sp³-hybridized carbons (Fsp3) is 0.176. The number of carbonyl (C=O) groups excluding carboxylic acids is 2. The maximum atomic E-state index is 12.3. The van der Waals surface area contributed by atoms with Crippen molar-refractivity contribution in [3.8, 4) is 0 Å². The van der Waals surface area contributed by atoms with Crippen LogP contribution >= 0.6 is 0 Å². The molecule has 0 aromatic heterocycles. The second-order valence-electron chi connectivity index (χ2n) is 5.60. The Bertz CT molecular complexity index is 906. The molecule has 0 saturated heterocycles. The van der Waals surface area contributed by atoms with E-state index >= 15 is 0 Å². The molecule has 0 heterocycles. The average Bonchev–Trinajstić information content (AvgIpc) is 2.55. The molecule has 2 aromatic carbocycles. The van der Waals surface area contributed by atoms with Crippen molar-refractivity contribution in [1.82, 2.24) is 10.0 Å². The molecule has 2 aromatic rings. The van der Waals surface area contributed by atoms with Crippen LogP contribution in [0.4, 0.5) is 4.79 Å². The maximum absolute atomic E-state index is 12.3. The van der Waals surface area contributed by atoms with E-state index in [1.807, 2.05) is 18.6 Å². The number of amides is 3. The van der Waals surface area contributed by atoms with Crippen molar-refractivity contribution in [3.05, 3.63) is 64.7 Å². The molecule has 0 aliphatic rings. The first-order chi connectivity index (χ1) is 11.7. The third kappa shape index (κ3) is 4.80. The molecule has 0 bridgehead atoms. The predicted molar refractivity (Wildman–Crippen MR) is 93.4 cm³/mol. The van der Waals surface area contributed by atoms with E-state index in [-0.39, 0.29) is 17.0 Å². The van der Waals surface area contributed by atoms with E-state index in [1.165, 1.54) is 24.3 Å². The number of nitrogens with one attached hydrogen (secondary N) is 2. The first kappa shape index (κ1) is 18.5. The fourth-order valence-corrected chi connectivity index (χ4v) is 3.07. The standard InChI is InChI=1S/C17H19N3O4S/c1-11-3-6-14(9-12(11)2)16(21)20-25(23,24)15-7-4-13(5-8-15)10-19-17(18)22/h3-9H,10H2,1-2H3,(H,20,21)(H3,18,19,22). The normalized spacial score (nSPS) is 11.0. The number of carbonyl (C=O) groups is 2. The van der Waals surface area contributed by atoms with E-state index in [2.05, 4.69) is 5.32 Å². The van der Waals surface area contributed by atoms with Gasteiger partial charge in [-0.25, -0.2) is 17.9 Å². The van der Waals surface area contributed by atoms with Crippen LogP contribution in [0.1, 0.15) is 27.0 Å². The number of sulfonamides is 1. The van der Waals surface area contributed by atoms with E-state index < -0.39 is 22.0 Å². The number of rotatable bonds is 5. The van der Waals surface area contributed by atoms with Crippen LogP contribution in [0, 0.1) is 13.8 Å². The highest BCUT2D eigenvalue weighted by Crippen LogP contribution is 2.13. The minimum atomic E-state index is -3.99. The van der Waals surface area contributed by atoms with E-state index in [0.717, 1.165) is 11.1 Å². The van der Waals surface area contributed by atoms with Gasteiger partial charge in [0.05, 0.1) is 4.90 Å². The molecular weight excluding hydrogens is 342 g/mol. The van der Waals surface area contributed by atoms with Crippen LogP contribution in [0.25, 0.3) is 0 Å². The number of aryl methyl sites for hydroxylation is 2. The van der Waals surface area contributed by atoms with Crippen LogP contribution in [0.15, 0.2) is 47.4 Å². The van der Waals surface area contributed by atoms with Gasteiger partial charge in [-0.15, -0.1) is 0 Å². The van der Waals surface area contributed by atoms with Crippen LogP contribution in [-0.2, 0) is 16.6 Å². The van der Waals surface area contributed by atoms with Crippen molar-refractivity contribution in [2.75, 3.05) is 0 Å². The van der Waals surface area contributed by atoms with Crippen LogP contribution in [0.5, 0.6) is 0 Å². The lowest BCUT2D eigenvalue weighted by Crippen LogP contribution is -2.31. The minimum Gasteiger partial charge on any atom is -0.352 e. The van der Waals surface area contributed by atoms with E-state index in [4.69, 9.17) is 5.73 Å². The summed E-state index contributed by atoms with van der Waals surface area (Å²) in [5.41, 5.74) is 7.84. The summed E-state index contributed by atoms with van der Waals surface area (Å²) in [6.45, 7) is 3.94. The number of nitrogens with two attached hydrogens (primary N) is 1. The van der Waals surface area contributed by atoms with Crippen molar-refractivity contribution in [2.24, 2.45) is 5.73 Å². The molecule has 0 radical (unpaired) electrons. The fourth-order valence-electron chi connectivity index (χ4n) is 2.10. The first-order valence-electron chi connectivity index (χ1n) is 7.46. The molecule has 0 atom stereocenters. The second-order valence-corrected chi connectivity index (χ2v) is 7.28. The number of hydrogen-bond acceptors (Lipinski definition) is 4. The van der Waals surface area contributed by atoms with Crippen LogP contribution in [-0.4, -0.2) is 20.4 Å². The monoisotopic (exact) mass is 361 g/mol. The van der Waals surface area contributed by atoms with Crippen molar-refractivity contribution < 1.29 is 18.0 Å². The van der Waals surface area contributed by atoms with Crippen molar-refractivity contribution >= 4 is 22.0 Å². The Morgan fingerprint density at radius 2 is 1.64 bits per heavy atom. The van der Waals surface area contributed by atoms with Gasteiger partial charge in [0, 0.05) is 12.1 Å². The molecule has 8 heteroatoms. The Hall–Kier alpha value is -2.87. The highest BCUT2D eigenvalue weighted by Gasteiger charge is 2.19. The Morgan fingerprint density at radius 1 is 1.00 bits per heavy atom. The van der Waals surface area contributed by atoms with Gasteiger partial charge in [-0.05, 0) is 54.8 Å². The van der Waals surface area contributed by atoms with Gasteiger partial charge in [-0.1, -0.05) is 18.2 Å². The van der Waals surface area contributed by atoms with Gasteiger partial charge in [0.25, 0.3) is 15.9 Å². The van der Waals surface area contributed by atoms with Gasteiger partial charge in [0.2, 0.25) is 0 Å². The molecule has 7 nitrogen and oxygen atoms in total. The van der Waals surface area contributed by atoms with Crippen LogP contribution in [0.3, 0.4) is 0 Å². The van der Waals surface area contributed by atoms with Gasteiger partial charge in [0.15, 0.2) is 0 Å². The molecule has 3 amide bonds. The predicted octanol–water partition coefficient (Wildman–Crippen LogP) is 1.59. The first-order valence-corrected chi connectivity index (χ1v) is 8.94. The Kier molecular flexibility index (Phi) is 5.43. The molecule has 132 valence electrons. The van der Waals surface area contributed by atoms with Crippen LogP contribution in [0.2, 0.25) is 0 Å². The number of urea groups is 1. The SMILES string of the molecule is Cc1ccc(C(=O)NS(=O)(=O)c2ccc(CNC(N)=O)cc2)cc1C. The van der Waals surface area contributed by atoms with Gasteiger partial charge in [0.1, 0.15) is 0 Å². The molecule has 0 unspecified atom stereocenters. The lowest BCUT2D eigenvalue weighted by molar-refractivity contribution is 0.0981. The molecule has 4 N–H and O–H groups in total. The summed E-state index contributed by atoms with van der Waals surface area (Å²) < 4.78 is 26.7.